The van der Waals surface area contributed by atoms with Gasteiger partial charge in [0.15, 0.2) is 0 Å². The van der Waals surface area contributed by atoms with Crippen LogP contribution in [0.3, 0.4) is 0 Å². The van der Waals surface area contributed by atoms with E-state index >= 15 is 0 Å². The number of allylic oxidation sites excluding steroid dienone is 2. The highest BCUT2D eigenvalue weighted by Gasteiger charge is 2.07. The van der Waals surface area contributed by atoms with Crippen LogP contribution in [0.4, 0.5) is 4.79 Å². The predicted octanol–water partition coefficient (Wildman–Crippen LogP) is 4.57. The van der Waals surface area contributed by atoms with Gasteiger partial charge in [0, 0.05) is 0 Å². The highest BCUT2D eigenvalue weighted by atomic mass is 16.7. The van der Waals surface area contributed by atoms with E-state index in [0.29, 0.717) is 25.0 Å². The lowest BCUT2D eigenvalue weighted by Crippen LogP contribution is -2.13. The maximum absolute atomic E-state index is 11.2. The minimum absolute atomic E-state index is 0.348. The Labute approximate surface area is 112 Å². The molecule has 0 bridgehead atoms. The van der Waals surface area contributed by atoms with Crippen LogP contribution in [0, 0.1) is 11.8 Å². The molecule has 0 fully saturated rings. The molecule has 106 valence electrons. The minimum Gasteiger partial charge on any atom is -0.434 e. The van der Waals surface area contributed by atoms with Crippen molar-refractivity contribution >= 4 is 6.16 Å². The number of carbonyl (C=O) groups is 1. The van der Waals surface area contributed by atoms with Crippen molar-refractivity contribution in [2.24, 2.45) is 11.8 Å². The molecule has 0 aromatic carbocycles. The van der Waals surface area contributed by atoms with Gasteiger partial charge in [0.1, 0.15) is 0 Å². The number of rotatable bonds is 8. The van der Waals surface area contributed by atoms with Gasteiger partial charge in [-0.25, -0.2) is 4.79 Å². The van der Waals surface area contributed by atoms with Crippen molar-refractivity contribution in [1.29, 1.82) is 0 Å². The molecule has 0 N–H and O–H groups in total. The van der Waals surface area contributed by atoms with Crippen molar-refractivity contribution in [3.05, 3.63) is 11.6 Å². The van der Waals surface area contributed by atoms with Crippen LogP contribution in [0.25, 0.3) is 0 Å². The summed E-state index contributed by atoms with van der Waals surface area (Å²) in [5.74, 6) is 0.916. The normalized spacial score (nSPS) is 12.1. The van der Waals surface area contributed by atoms with Crippen LogP contribution in [0.1, 0.15) is 53.9 Å². The number of ether oxygens (including phenoxy) is 2. The second-order valence-corrected chi connectivity index (χ2v) is 5.56. The Morgan fingerprint density at radius 3 is 2.33 bits per heavy atom. The van der Waals surface area contributed by atoms with E-state index in [1.807, 2.05) is 13.8 Å². The highest BCUT2D eigenvalue weighted by Crippen LogP contribution is 2.12. The van der Waals surface area contributed by atoms with Crippen molar-refractivity contribution in [3.63, 3.8) is 0 Å². The third-order valence-corrected chi connectivity index (χ3v) is 2.58. The third kappa shape index (κ3) is 11.5. The molecule has 0 saturated heterocycles. The summed E-state index contributed by atoms with van der Waals surface area (Å²) in [6.07, 6.45) is 4.83. The zero-order valence-electron chi connectivity index (χ0n) is 12.5. The Bertz CT molecular complexity index is 252. The quantitative estimate of drug-likeness (QED) is 0.471. The maximum atomic E-state index is 11.2. The van der Waals surface area contributed by atoms with Gasteiger partial charge in [-0.2, -0.15) is 0 Å². The lowest BCUT2D eigenvalue weighted by atomic mass is 10.0. The molecule has 0 spiro atoms. The molecule has 0 aliphatic carbocycles. The third-order valence-electron chi connectivity index (χ3n) is 2.58. The fraction of sp³-hybridized carbons (Fsp3) is 0.800. The van der Waals surface area contributed by atoms with Crippen molar-refractivity contribution in [2.75, 3.05) is 13.2 Å². The van der Waals surface area contributed by atoms with E-state index in [-0.39, 0.29) is 0 Å². The maximum Gasteiger partial charge on any atom is 0.508 e. The van der Waals surface area contributed by atoms with Gasteiger partial charge < -0.3 is 9.47 Å². The van der Waals surface area contributed by atoms with E-state index in [0.717, 1.165) is 19.3 Å². The molecule has 18 heavy (non-hydrogen) atoms. The first kappa shape index (κ1) is 17.0. The topological polar surface area (TPSA) is 35.5 Å². The fourth-order valence-corrected chi connectivity index (χ4v) is 1.42. The summed E-state index contributed by atoms with van der Waals surface area (Å²) in [6.45, 7) is 11.3. The van der Waals surface area contributed by atoms with Gasteiger partial charge in [0.25, 0.3) is 0 Å². The Hall–Kier alpha value is -0.990. The van der Waals surface area contributed by atoms with Gasteiger partial charge in [-0.3, -0.25) is 0 Å². The van der Waals surface area contributed by atoms with E-state index in [4.69, 9.17) is 9.47 Å². The summed E-state index contributed by atoms with van der Waals surface area (Å²) >= 11 is 0. The van der Waals surface area contributed by atoms with Crippen LogP contribution >= 0.6 is 0 Å². The van der Waals surface area contributed by atoms with Crippen LogP contribution in [0.15, 0.2) is 11.6 Å². The summed E-state index contributed by atoms with van der Waals surface area (Å²) in [4.78, 5) is 11.2. The van der Waals surface area contributed by atoms with Crippen molar-refractivity contribution < 1.29 is 14.3 Å². The number of hydrogen-bond acceptors (Lipinski definition) is 3. The lowest BCUT2D eigenvalue weighted by Gasteiger charge is -2.11. The standard InChI is InChI=1S/C15H28O3/c1-12(2)7-6-8-14(5)9-10-17-15(16)18-11-13(3)4/h7,13-14H,6,8-11H2,1-5H3. The van der Waals surface area contributed by atoms with Gasteiger partial charge in [-0.05, 0) is 44.9 Å². The zero-order valence-corrected chi connectivity index (χ0v) is 12.5. The van der Waals surface area contributed by atoms with E-state index < -0.39 is 6.16 Å². The largest absolute Gasteiger partial charge is 0.508 e. The smallest absolute Gasteiger partial charge is 0.434 e. The minimum atomic E-state index is -0.541. The second kappa shape index (κ2) is 9.98. The molecular weight excluding hydrogens is 228 g/mol. The molecule has 0 aromatic rings. The summed E-state index contributed by atoms with van der Waals surface area (Å²) in [7, 11) is 0. The Kier molecular flexibility index (Phi) is 9.43. The SMILES string of the molecule is CC(C)=CCCC(C)CCOC(=O)OCC(C)C. The molecule has 3 heteroatoms. The Morgan fingerprint density at radius 1 is 1.11 bits per heavy atom. The molecule has 0 heterocycles. The van der Waals surface area contributed by atoms with Gasteiger partial charge in [0.05, 0.1) is 13.2 Å². The Morgan fingerprint density at radius 2 is 1.78 bits per heavy atom. The average molecular weight is 256 g/mol. The molecule has 0 aromatic heterocycles. The first-order valence-corrected chi connectivity index (χ1v) is 6.84. The summed E-state index contributed by atoms with van der Waals surface area (Å²) < 4.78 is 9.94. The molecular formula is C15H28O3. The van der Waals surface area contributed by atoms with Crippen LogP contribution in [0.5, 0.6) is 0 Å². The first-order chi connectivity index (χ1) is 8.41. The van der Waals surface area contributed by atoms with Gasteiger partial charge in [-0.1, -0.05) is 32.4 Å². The fourth-order valence-electron chi connectivity index (χ4n) is 1.42. The van der Waals surface area contributed by atoms with Crippen molar-refractivity contribution in [3.8, 4) is 0 Å². The van der Waals surface area contributed by atoms with Gasteiger partial charge in [-0.15, -0.1) is 0 Å². The molecule has 0 amide bonds. The zero-order chi connectivity index (χ0) is 14.0. The summed E-state index contributed by atoms with van der Waals surface area (Å²) in [5, 5.41) is 0. The highest BCUT2D eigenvalue weighted by molar-refractivity contribution is 5.59. The van der Waals surface area contributed by atoms with E-state index in [1.54, 1.807) is 0 Å². The van der Waals surface area contributed by atoms with Gasteiger partial charge in [0.2, 0.25) is 0 Å². The van der Waals surface area contributed by atoms with E-state index in [1.165, 1.54) is 5.57 Å². The molecule has 0 rings (SSSR count). The second-order valence-electron chi connectivity index (χ2n) is 5.56. The van der Waals surface area contributed by atoms with Crippen LogP contribution in [-0.2, 0) is 9.47 Å². The van der Waals surface area contributed by atoms with Crippen LogP contribution in [0.2, 0.25) is 0 Å². The molecule has 0 saturated carbocycles. The van der Waals surface area contributed by atoms with Crippen LogP contribution in [-0.4, -0.2) is 19.4 Å². The average Bonchev–Trinajstić information content (AvgIpc) is 2.25. The Balaban J connectivity index is 3.52. The summed E-state index contributed by atoms with van der Waals surface area (Å²) in [6, 6.07) is 0. The molecule has 1 unspecified atom stereocenters. The lowest BCUT2D eigenvalue weighted by molar-refractivity contribution is 0.0443. The predicted molar refractivity (Wildman–Crippen MR) is 74.6 cm³/mol. The van der Waals surface area contributed by atoms with E-state index in [2.05, 4.69) is 26.8 Å². The summed E-state index contributed by atoms with van der Waals surface area (Å²) in [5.41, 5.74) is 1.36. The van der Waals surface area contributed by atoms with Gasteiger partial charge >= 0.3 is 6.16 Å². The number of hydrogen-bond donors (Lipinski definition) is 0. The molecule has 1 atom stereocenters. The number of carbonyl (C=O) groups excluding carboxylic acids is 1. The van der Waals surface area contributed by atoms with Crippen molar-refractivity contribution in [1.82, 2.24) is 0 Å². The molecule has 3 nitrogen and oxygen atoms in total. The van der Waals surface area contributed by atoms with E-state index in [9.17, 15) is 4.79 Å². The van der Waals surface area contributed by atoms with Crippen LogP contribution < -0.4 is 0 Å². The van der Waals surface area contributed by atoms with Crippen molar-refractivity contribution in [2.45, 2.75) is 53.9 Å². The monoisotopic (exact) mass is 256 g/mol. The molecule has 0 radical (unpaired) electrons. The molecule has 0 aliphatic rings. The molecule has 0 aliphatic heterocycles. The first-order valence-electron chi connectivity index (χ1n) is 6.84.